The van der Waals surface area contributed by atoms with Crippen LogP contribution in [0.1, 0.15) is 29.7 Å². The molecule has 2 aromatic rings. The lowest BCUT2D eigenvalue weighted by molar-refractivity contribution is -0.117. The van der Waals surface area contributed by atoms with Crippen LogP contribution in [-0.2, 0) is 18.3 Å². The SMILES string of the molecule is C=C(N)c1cc(Cc2ccccc2)n(C)c1NC(=O)CN1CCN(CC2=C(Cl)CCC=C2)CC1. The number of anilines is 1. The third-order valence-electron chi connectivity index (χ3n) is 6.59. The van der Waals surface area contributed by atoms with Gasteiger partial charge >= 0.3 is 0 Å². The maximum Gasteiger partial charge on any atom is 0.239 e. The van der Waals surface area contributed by atoms with Gasteiger partial charge in [-0.05, 0) is 30.0 Å². The van der Waals surface area contributed by atoms with Gasteiger partial charge < -0.3 is 15.6 Å². The second-order valence-corrected chi connectivity index (χ2v) is 9.57. The fourth-order valence-corrected chi connectivity index (χ4v) is 4.80. The standard InChI is InChI=1S/C27H34ClN5O/c1-20(29)24-17-23(16-21-8-4-3-5-9-21)31(2)27(24)30-26(34)19-33-14-12-32(13-15-33)18-22-10-6-7-11-25(22)28/h3-6,8-10,17H,1,7,11-16,18-19,29H2,2H3,(H,30,34). The Morgan fingerprint density at radius 3 is 2.53 bits per heavy atom. The van der Waals surface area contributed by atoms with Crippen molar-refractivity contribution in [3.05, 3.63) is 82.6 Å². The Morgan fingerprint density at radius 1 is 1.15 bits per heavy atom. The topological polar surface area (TPSA) is 66.5 Å². The number of piperazine rings is 1. The molecule has 1 fully saturated rings. The van der Waals surface area contributed by atoms with E-state index in [0.29, 0.717) is 18.1 Å². The Kier molecular flexibility index (Phi) is 7.93. The Balaban J connectivity index is 1.34. The molecule has 6 nitrogen and oxygen atoms in total. The molecule has 1 saturated heterocycles. The molecule has 180 valence electrons. The van der Waals surface area contributed by atoms with Crippen LogP contribution >= 0.6 is 11.6 Å². The highest BCUT2D eigenvalue weighted by Crippen LogP contribution is 2.26. The highest BCUT2D eigenvalue weighted by Gasteiger charge is 2.22. The average Bonchev–Trinajstić information content (AvgIpc) is 3.12. The molecule has 0 radical (unpaired) electrons. The molecule has 1 aromatic carbocycles. The van der Waals surface area contributed by atoms with Crippen molar-refractivity contribution in [2.45, 2.75) is 19.3 Å². The predicted molar refractivity (Wildman–Crippen MR) is 141 cm³/mol. The molecule has 0 bridgehead atoms. The number of rotatable bonds is 8. The van der Waals surface area contributed by atoms with Crippen molar-refractivity contribution < 1.29 is 4.79 Å². The lowest BCUT2D eigenvalue weighted by atomic mass is 10.1. The number of nitrogens with two attached hydrogens (primary N) is 1. The quantitative estimate of drug-likeness (QED) is 0.601. The number of amides is 1. The maximum absolute atomic E-state index is 12.9. The van der Waals surface area contributed by atoms with E-state index in [1.807, 2.05) is 35.9 Å². The van der Waals surface area contributed by atoms with Crippen LogP contribution in [0.4, 0.5) is 5.82 Å². The Morgan fingerprint density at radius 2 is 1.85 bits per heavy atom. The van der Waals surface area contributed by atoms with Crippen LogP contribution in [0.5, 0.6) is 0 Å². The zero-order valence-corrected chi connectivity index (χ0v) is 20.7. The average molecular weight is 480 g/mol. The number of hydrogen-bond acceptors (Lipinski definition) is 4. The van der Waals surface area contributed by atoms with E-state index in [2.05, 4.69) is 46.0 Å². The maximum atomic E-state index is 12.9. The molecule has 3 N–H and O–H groups in total. The first-order valence-corrected chi connectivity index (χ1v) is 12.2. The number of carbonyl (C=O) groups excluding carboxylic acids is 1. The van der Waals surface area contributed by atoms with Gasteiger partial charge in [-0.25, -0.2) is 0 Å². The van der Waals surface area contributed by atoms with Gasteiger partial charge in [0.1, 0.15) is 5.82 Å². The van der Waals surface area contributed by atoms with Crippen LogP contribution in [0.25, 0.3) is 5.70 Å². The van der Waals surface area contributed by atoms with Gasteiger partial charge in [-0.3, -0.25) is 14.6 Å². The molecule has 1 aromatic heterocycles. The van der Waals surface area contributed by atoms with Gasteiger partial charge in [-0.1, -0.05) is 60.7 Å². The van der Waals surface area contributed by atoms with Crippen molar-refractivity contribution in [3.8, 4) is 0 Å². The number of nitrogens with zero attached hydrogens (tertiary/aromatic N) is 3. The minimum Gasteiger partial charge on any atom is -0.399 e. The lowest BCUT2D eigenvalue weighted by Gasteiger charge is -2.34. The lowest BCUT2D eigenvalue weighted by Crippen LogP contribution is -2.49. The molecule has 0 saturated carbocycles. The van der Waals surface area contributed by atoms with Crippen molar-refractivity contribution in [1.29, 1.82) is 0 Å². The molecular weight excluding hydrogens is 446 g/mol. The van der Waals surface area contributed by atoms with E-state index in [9.17, 15) is 4.79 Å². The van der Waals surface area contributed by atoms with Crippen molar-refractivity contribution in [1.82, 2.24) is 14.4 Å². The second kappa shape index (κ2) is 11.1. The van der Waals surface area contributed by atoms with Gasteiger partial charge in [0.05, 0.1) is 6.54 Å². The molecule has 2 aliphatic rings. The molecule has 0 unspecified atom stereocenters. The van der Waals surface area contributed by atoms with Crippen molar-refractivity contribution in [3.63, 3.8) is 0 Å². The molecule has 0 spiro atoms. The minimum absolute atomic E-state index is 0.0376. The summed E-state index contributed by atoms with van der Waals surface area (Å²) in [6.07, 6.45) is 7.07. The van der Waals surface area contributed by atoms with Crippen molar-refractivity contribution in [2.75, 3.05) is 44.6 Å². The third-order valence-corrected chi connectivity index (χ3v) is 7.02. The predicted octanol–water partition coefficient (Wildman–Crippen LogP) is 3.94. The van der Waals surface area contributed by atoms with E-state index < -0.39 is 0 Å². The van der Waals surface area contributed by atoms with E-state index in [1.54, 1.807) is 0 Å². The zero-order chi connectivity index (χ0) is 24.1. The summed E-state index contributed by atoms with van der Waals surface area (Å²) in [6.45, 7) is 8.69. The summed E-state index contributed by atoms with van der Waals surface area (Å²) in [5, 5.41) is 4.07. The highest BCUT2D eigenvalue weighted by molar-refractivity contribution is 6.30. The van der Waals surface area contributed by atoms with Gasteiger partial charge in [0.15, 0.2) is 0 Å². The summed E-state index contributed by atoms with van der Waals surface area (Å²) in [6, 6.07) is 12.3. The molecule has 1 amide bonds. The highest BCUT2D eigenvalue weighted by atomic mass is 35.5. The number of aromatic nitrogens is 1. The second-order valence-electron chi connectivity index (χ2n) is 9.12. The van der Waals surface area contributed by atoms with E-state index in [4.69, 9.17) is 17.3 Å². The van der Waals surface area contributed by atoms with Gasteiger partial charge in [0.2, 0.25) is 5.91 Å². The first-order chi connectivity index (χ1) is 16.4. The molecule has 2 heterocycles. The van der Waals surface area contributed by atoms with Crippen LogP contribution in [-0.4, -0.2) is 59.5 Å². The first-order valence-electron chi connectivity index (χ1n) is 11.9. The van der Waals surface area contributed by atoms with Gasteiger partial charge in [0, 0.05) is 68.2 Å². The molecule has 1 aliphatic heterocycles. The Labute approximate surface area is 207 Å². The summed E-state index contributed by atoms with van der Waals surface area (Å²) in [5.41, 5.74) is 10.8. The molecule has 7 heteroatoms. The van der Waals surface area contributed by atoms with Gasteiger partial charge in [-0.15, -0.1) is 0 Å². The fourth-order valence-electron chi connectivity index (χ4n) is 4.57. The first kappa shape index (κ1) is 24.3. The van der Waals surface area contributed by atoms with E-state index >= 15 is 0 Å². The number of halogens is 1. The van der Waals surface area contributed by atoms with E-state index in [-0.39, 0.29) is 5.91 Å². The monoisotopic (exact) mass is 479 g/mol. The van der Waals surface area contributed by atoms with Crippen LogP contribution in [0.2, 0.25) is 0 Å². The van der Waals surface area contributed by atoms with Crippen molar-refractivity contribution in [2.24, 2.45) is 12.8 Å². The fraction of sp³-hybridized carbons (Fsp3) is 0.370. The van der Waals surface area contributed by atoms with Crippen LogP contribution in [0.15, 0.2) is 65.7 Å². The molecule has 1 aliphatic carbocycles. The van der Waals surface area contributed by atoms with Gasteiger partial charge in [-0.2, -0.15) is 0 Å². The van der Waals surface area contributed by atoms with E-state index in [1.165, 1.54) is 11.1 Å². The van der Waals surface area contributed by atoms with Crippen LogP contribution < -0.4 is 11.1 Å². The molecule has 34 heavy (non-hydrogen) atoms. The number of benzene rings is 1. The third kappa shape index (κ3) is 6.00. The van der Waals surface area contributed by atoms with Crippen molar-refractivity contribution >= 4 is 29.0 Å². The molecule has 4 rings (SSSR count). The van der Waals surface area contributed by atoms with E-state index in [0.717, 1.165) is 68.3 Å². The zero-order valence-electron chi connectivity index (χ0n) is 19.9. The number of allylic oxidation sites excluding steroid dienone is 2. The number of nitrogens with one attached hydrogen (secondary N) is 1. The molecular formula is C27H34ClN5O. The largest absolute Gasteiger partial charge is 0.399 e. The molecule has 0 atom stereocenters. The minimum atomic E-state index is -0.0376. The van der Waals surface area contributed by atoms with Crippen LogP contribution in [0.3, 0.4) is 0 Å². The normalized spacial score (nSPS) is 17.2. The van der Waals surface area contributed by atoms with Gasteiger partial charge in [0.25, 0.3) is 0 Å². The number of hydrogen-bond donors (Lipinski definition) is 2. The summed E-state index contributed by atoms with van der Waals surface area (Å²) in [5.74, 6) is 0.664. The van der Waals surface area contributed by atoms with Crippen LogP contribution in [0, 0.1) is 0 Å². The Hall–Kier alpha value is -2.80. The number of carbonyl (C=O) groups is 1. The summed E-state index contributed by atoms with van der Waals surface area (Å²) >= 11 is 6.39. The smallest absolute Gasteiger partial charge is 0.239 e. The summed E-state index contributed by atoms with van der Waals surface area (Å²) in [4.78, 5) is 17.5. The Bertz CT molecular complexity index is 1090. The summed E-state index contributed by atoms with van der Waals surface area (Å²) in [7, 11) is 1.96. The summed E-state index contributed by atoms with van der Waals surface area (Å²) < 4.78 is 2.01.